The van der Waals surface area contributed by atoms with E-state index in [9.17, 15) is 18.0 Å². The second kappa shape index (κ2) is 16.2. The number of ether oxygens (including phenoxy) is 1. The van der Waals surface area contributed by atoms with Gasteiger partial charge in [0, 0.05) is 23.5 Å². The van der Waals surface area contributed by atoms with E-state index >= 15 is 0 Å². The molecule has 0 aromatic heterocycles. The topological polar surface area (TPSA) is 96.0 Å². The van der Waals surface area contributed by atoms with Gasteiger partial charge in [-0.15, -0.1) is 0 Å². The highest BCUT2D eigenvalue weighted by Gasteiger charge is 2.35. The molecule has 1 aliphatic rings. The molecule has 1 saturated carbocycles. The van der Waals surface area contributed by atoms with Crippen LogP contribution in [0.4, 0.5) is 5.69 Å². The maximum atomic E-state index is 14.7. The number of halogens is 2. The van der Waals surface area contributed by atoms with Crippen molar-refractivity contribution in [2.75, 3.05) is 18.0 Å². The summed E-state index contributed by atoms with van der Waals surface area (Å²) in [5, 5.41) is 3.20. The Balaban J connectivity index is 1.57. The summed E-state index contributed by atoms with van der Waals surface area (Å²) in [4.78, 5) is 30.3. The Kier molecular flexibility index (Phi) is 12.0. The van der Waals surface area contributed by atoms with Gasteiger partial charge in [-0.2, -0.15) is 0 Å². The molecule has 1 atom stereocenters. The minimum absolute atomic E-state index is 0.0113. The highest BCUT2D eigenvalue weighted by molar-refractivity contribution is 9.10. The van der Waals surface area contributed by atoms with Crippen molar-refractivity contribution in [3.8, 4) is 5.75 Å². The summed E-state index contributed by atoms with van der Waals surface area (Å²) in [5.41, 5.74) is 2.98. The van der Waals surface area contributed by atoms with E-state index in [2.05, 4.69) is 37.2 Å². The third-order valence-electron chi connectivity index (χ3n) is 8.55. The molecular formula is C37H39Br2N3O5S. The van der Waals surface area contributed by atoms with Gasteiger partial charge in [0.25, 0.3) is 10.0 Å². The van der Waals surface area contributed by atoms with Crippen LogP contribution in [0.5, 0.6) is 5.75 Å². The summed E-state index contributed by atoms with van der Waals surface area (Å²) in [6.45, 7) is 1.50. The first-order chi connectivity index (χ1) is 23.0. The number of amides is 2. The molecule has 5 rings (SSSR count). The van der Waals surface area contributed by atoms with E-state index < -0.39 is 28.5 Å². The van der Waals surface area contributed by atoms with Crippen LogP contribution in [0.25, 0.3) is 0 Å². The first-order valence-electron chi connectivity index (χ1n) is 15.9. The number of nitrogens with zero attached hydrogens (tertiary/aromatic N) is 2. The zero-order valence-electron chi connectivity index (χ0n) is 26.9. The monoisotopic (exact) mass is 795 g/mol. The molecule has 1 aliphatic carbocycles. The molecule has 4 aromatic rings. The number of nitrogens with one attached hydrogen (secondary N) is 1. The molecule has 8 nitrogen and oxygen atoms in total. The molecule has 252 valence electrons. The molecule has 0 spiro atoms. The molecule has 0 heterocycles. The number of aryl methyl sites for hydroxylation is 1. The smallest absolute Gasteiger partial charge is 0.264 e. The van der Waals surface area contributed by atoms with E-state index in [4.69, 9.17) is 4.74 Å². The largest absolute Gasteiger partial charge is 0.496 e. The molecule has 0 aliphatic heterocycles. The summed E-state index contributed by atoms with van der Waals surface area (Å²) in [7, 11) is -2.75. The minimum atomic E-state index is -4.25. The third-order valence-corrected chi connectivity index (χ3v) is 11.5. The molecule has 1 N–H and O–H groups in total. The Labute approximate surface area is 299 Å². The van der Waals surface area contributed by atoms with Gasteiger partial charge >= 0.3 is 0 Å². The van der Waals surface area contributed by atoms with Crippen molar-refractivity contribution in [2.24, 2.45) is 0 Å². The summed E-state index contributed by atoms with van der Waals surface area (Å²) in [6.07, 6.45) is 4.13. The van der Waals surface area contributed by atoms with Crippen molar-refractivity contribution in [1.29, 1.82) is 0 Å². The van der Waals surface area contributed by atoms with Crippen LogP contribution >= 0.6 is 31.9 Å². The Hall–Kier alpha value is -3.67. The van der Waals surface area contributed by atoms with Crippen LogP contribution in [0.3, 0.4) is 0 Å². The molecule has 0 unspecified atom stereocenters. The lowest BCUT2D eigenvalue weighted by atomic mass is 10.0. The fraction of sp³-hybridized carbons (Fsp3) is 0.297. The van der Waals surface area contributed by atoms with Crippen LogP contribution in [-0.2, 0) is 32.6 Å². The Morgan fingerprint density at radius 2 is 1.56 bits per heavy atom. The van der Waals surface area contributed by atoms with Crippen LogP contribution in [0.1, 0.15) is 42.4 Å². The number of methoxy groups -OCH3 is 1. The number of rotatable bonds is 13. The molecule has 4 aromatic carbocycles. The molecule has 48 heavy (non-hydrogen) atoms. The van der Waals surface area contributed by atoms with Crippen molar-refractivity contribution >= 4 is 59.4 Å². The maximum absolute atomic E-state index is 14.7. The minimum Gasteiger partial charge on any atom is -0.496 e. The average Bonchev–Trinajstić information content (AvgIpc) is 3.60. The van der Waals surface area contributed by atoms with Crippen molar-refractivity contribution < 1.29 is 22.7 Å². The predicted octanol–water partition coefficient (Wildman–Crippen LogP) is 7.42. The highest BCUT2D eigenvalue weighted by atomic mass is 79.9. The van der Waals surface area contributed by atoms with Crippen molar-refractivity contribution in [3.05, 3.63) is 123 Å². The fourth-order valence-electron chi connectivity index (χ4n) is 5.88. The van der Waals surface area contributed by atoms with E-state index in [1.54, 1.807) is 30.3 Å². The number of anilines is 1. The van der Waals surface area contributed by atoms with Gasteiger partial charge in [-0.3, -0.25) is 13.9 Å². The molecule has 0 saturated heterocycles. The van der Waals surface area contributed by atoms with Crippen molar-refractivity contribution in [2.45, 2.75) is 62.6 Å². The summed E-state index contributed by atoms with van der Waals surface area (Å²) >= 11 is 6.88. The standard InChI is InChI=1S/C37H39Br2N3O5S/c1-26-12-18-31(19-13-26)42(48(45,46)32-20-21-35(47-2)33(39)23-32)25-36(43)41(24-28-14-16-29(38)17-15-28)34(22-27-8-4-3-5-9-27)37(44)40-30-10-6-7-11-30/h3-5,8-9,12-21,23,30,34H,6-7,10-11,22,24-25H2,1-2H3,(H,40,44)/t34-/m1/s1. The molecule has 11 heteroatoms. The third kappa shape index (κ3) is 8.86. The second-order valence-electron chi connectivity index (χ2n) is 12.0. The van der Waals surface area contributed by atoms with Gasteiger partial charge < -0.3 is 15.0 Å². The van der Waals surface area contributed by atoms with Crippen LogP contribution in [0.15, 0.2) is 111 Å². The maximum Gasteiger partial charge on any atom is 0.264 e. The van der Waals surface area contributed by atoms with Gasteiger partial charge in [-0.05, 0) is 89.3 Å². The molecule has 0 radical (unpaired) electrons. The average molecular weight is 798 g/mol. The quantitative estimate of drug-likeness (QED) is 0.152. The van der Waals surface area contributed by atoms with Gasteiger partial charge in [0.2, 0.25) is 11.8 Å². The van der Waals surface area contributed by atoms with Crippen LogP contribution in [0, 0.1) is 6.92 Å². The molecule has 1 fully saturated rings. The van der Waals surface area contributed by atoms with Gasteiger partial charge in [-0.1, -0.05) is 88.9 Å². The second-order valence-corrected chi connectivity index (χ2v) is 15.6. The van der Waals surface area contributed by atoms with E-state index in [0.717, 1.165) is 51.2 Å². The van der Waals surface area contributed by atoms with Crippen molar-refractivity contribution in [3.63, 3.8) is 0 Å². The number of carbonyl (C=O) groups excluding carboxylic acids is 2. The SMILES string of the molecule is COc1ccc(S(=O)(=O)N(CC(=O)N(Cc2ccc(Br)cc2)[C@H](Cc2ccccc2)C(=O)NC2CCCC2)c2ccc(C)cc2)cc1Br. The van der Waals surface area contributed by atoms with Crippen molar-refractivity contribution in [1.82, 2.24) is 10.2 Å². The Morgan fingerprint density at radius 3 is 2.19 bits per heavy atom. The lowest BCUT2D eigenvalue weighted by Crippen LogP contribution is -2.54. The highest BCUT2D eigenvalue weighted by Crippen LogP contribution is 2.31. The number of sulfonamides is 1. The molecule has 2 amide bonds. The number of hydrogen-bond acceptors (Lipinski definition) is 5. The molecular weight excluding hydrogens is 758 g/mol. The first kappa shape index (κ1) is 35.6. The van der Waals surface area contributed by atoms with E-state index in [1.165, 1.54) is 24.1 Å². The zero-order valence-corrected chi connectivity index (χ0v) is 30.9. The van der Waals surface area contributed by atoms with Crippen LogP contribution in [0.2, 0.25) is 0 Å². The van der Waals surface area contributed by atoms with Gasteiger partial charge in [0.05, 0.1) is 22.2 Å². The van der Waals surface area contributed by atoms with E-state index in [0.29, 0.717) is 15.9 Å². The zero-order chi connectivity index (χ0) is 34.3. The normalized spacial score (nSPS) is 13.9. The summed E-state index contributed by atoms with van der Waals surface area (Å²) < 4.78 is 36.5. The summed E-state index contributed by atoms with van der Waals surface area (Å²) in [6, 6.07) is 27.7. The fourth-order valence-corrected chi connectivity index (χ4v) is 8.28. The predicted molar refractivity (Wildman–Crippen MR) is 195 cm³/mol. The van der Waals surface area contributed by atoms with Crippen LogP contribution < -0.4 is 14.4 Å². The number of benzene rings is 4. The van der Waals surface area contributed by atoms with Gasteiger partial charge in [0.15, 0.2) is 0 Å². The Morgan fingerprint density at radius 1 is 0.896 bits per heavy atom. The lowest BCUT2D eigenvalue weighted by Gasteiger charge is -2.34. The van der Waals surface area contributed by atoms with Gasteiger partial charge in [-0.25, -0.2) is 8.42 Å². The number of hydrogen-bond donors (Lipinski definition) is 1. The first-order valence-corrected chi connectivity index (χ1v) is 18.9. The molecule has 0 bridgehead atoms. The van der Waals surface area contributed by atoms with E-state index in [-0.39, 0.29) is 29.8 Å². The van der Waals surface area contributed by atoms with E-state index in [1.807, 2.05) is 61.5 Å². The Bertz CT molecular complexity index is 1810. The summed E-state index contributed by atoms with van der Waals surface area (Å²) in [5.74, 6) is -0.276. The van der Waals surface area contributed by atoms with Crippen LogP contribution in [-0.4, -0.2) is 50.9 Å². The van der Waals surface area contributed by atoms with Gasteiger partial charge in [0.1, 0.15) is 18.3 Å². The number of carbonyl (C=O) groups is 2. The lowest BCUT2D eigenvalue weighted by molar-refractivity contribution is -0.140.